The first kappa shape index (κ1) is 36.2. The molecular formula is C29H48N6O7. The third-order valence-corrected chi connectivity index (χ3v) is 5.68. The lowest BCUT2D eigenvalue weighted by Gasteiger charge is -2.24. The molecule has 236 valence electrons. The van der Waals surface area contributed by atoms with Crippen molar-refractivity contribution in [2.24, 2.45) is 11.8 Å². The molecule has 0 fully saturated rings. The highest BCUT2D eigenvalue weighted by atomic mass is 16.6. The van der Waals surface area contributed by atoms with Crippen molar-refractivity contribution in [3.8, 4) is 0 Å². The normalized spacial score (nSPS) is 13.5. The summed E-state index contributed by atoms with van der Waals surface area (Å²) >= 11 is 0. The Morgan fingerprint density at radius 3 is 1.86 bits per heavy atom. The summed E-state index contributed by atoms with van der Waals surface area (Å²) in [6, 6.07) is 7.13. The van der Waals surface area contributed by atoms with Crippen molar-refractivity contribution >= 4 is 29.9 Å². The number of benzene rings is 1. The van der Waals surface area contributed by atoms with E-state index in [0.717, 1.165) is 5.56 Å². The van der Waals surface area contributed by atoms with Gasteiger partial charge in [-0.2, -0.15) is 0 Å². The van der Waals surface area contributed by atoms with Crippen molar-refractivity contribution < 1.29 is 33.4 Å². The average Bonchev–Trinajstić information content (AvgIpc) is 2.88. The van der Waals surface area contributed by atoms with E-state index >= 15 is 0 Å². The standard InChI is InChI=1S/C29H48N6O7/c1-19(18-32-27(40)42-29(5,6)7)23(36)34-22(17-20-13-9-8-10-14-20)24(37)33-21(25(38)35-30)15-11-12-16-31-26(39)41-28(2,3)4/h8-10,13-14,19,21-22H,11-12,15-18,30H2,1-7H3,(H,31,39)(H,32,40)(H,33,37)(H,34,36)(H,35,38)/t19-,21+,22+/m1/s1. The summed E-state index contributed by atoms with van der Waals surface area (Å²) < 4.78 is 10.4. The van der Waals surface area contributed by atoms with Gasteiger partial charge in [0.15, 0.2) is 0 Å². The molecule has 13 nitrogen and oxygen atoms in total. The maximum atomic E-state index is 13.4. The fraction of sp³-hybridized carbons (Fsp3) is 0.621. The molecule has 0 radical (unpaired) electrons. The topological polar surface area (TPSA) is 190 Å². The summed E-state index contributed by atoms with van der Waals surface area (Å²) in [6.07, 6.45) is 0.223. The van der Waals surface area contributed by atoms with Crippen LogP contribution in [-0.4, -0.2) is 66.3 Å². The van der Waals surface area contributed by atoms with E-state index in [0.29, 0.717) is 19.4 Å². The number of alkyl carbamates (subject to hydrolysis) is 2. The summed E-state index contributed by atoms with van der Waals surface area (Å²) in [4.78, 5) is 62.6. The first-order chi connectivity index (χ1) is 19.5. The van der Waals surface area contributed by atoms with E-state index in [1.807, 2.05) is 30.3 Å². The minimum atomic E-state index is -1.01. The van der Waals surface area contributed by atoms with E-state index in [4.69, 9.17) is 15.3 Å². The van der Waals surface area contributed by atoms with Gasteiger partial charge in [-0.1, -0.05) is 37.3 Å². The Morgan fingerprint density at radius 2 is 1.31 bits per heavy atom. The van der Waals surface area contributed by atoms with Crippen LogP contribution < -0.4 is 32.5 Å². The first-order valence-electron chi connectivity index (χ1n) is 14.1. The first-order valence-corrected chi connectivity index (χ1v) is 14.1. The number of nitrogens with two attached hydrogens (primary N) is 1. The molecule has 0 aliphatic heterocycles. The minimum absolute atomic E-state index is 0.00401. The van der Waals surface area contributed by atoms with E-state index in [-0.39, 0.29) is 19.4 Å². The Labute approximate surface area is 248 Å². The van der Waals surface area contributed by atoms with E-state index < -0.39 is 59.1 Å². The third kappa shape index (κ3) is 15.8. The van der Waals surface area contributed by atoms with Crippen LogP contribution in [0.2, 0.25) is 0 Å². The smallest absolute Gasteiger partial charge is 0.407 e. The van der Waals surface area contributed by atoms with Crippen molar-refractivity contribution in [2.45, 2.75) is 97.4 Å². The lowest BCUT2D eigenvalue weighted by Crippen LogP contribution is -2.56. The Morgan fingerprint density at radius 1 is 0.762 bits per heavy atom. The van der Waals surface area contributed by atoms with E-state index in [9.17, 15) is 24.0 Å². The Bertz CT molecular complexity index is 1040. The maximum Gasteiger partial charge on any atom is 0.407 e. The monoisotopic (exact) mass is 592 g/mol. The van der Waals surface area contributed by atoms with Crippen LogP contribution in [0.1, 0.15) is 73.3 Å². The molecule has 1 aromatic rings. The second-order valence-corrected chi connectivity index (χ2v) is 12.0. The minimum Gasteiger partial charge on any atom is -0.444 e. The second-order valence-electron chi connectivity index (χ2n) is 12.0. The summed E-state index contributed by atoms with van der Waals surface area (Å²) in [5, 5.41) is 10.6. The molecule has 0 heterocycles. The summed E-state index contributed by atoms with van der Waals surface area (Å²) in [5.41, 5.74) is 1.56. The molecule has 3 atom stereocenters. The van der Waals surface area contributed by atoms with Crippen LogP contribution in [-0.2, 0) is 30.3 Å². The Hall–Kier alpha value is -3.87. The molecule has 1 rings (SSSR count). The quantitative estimate of drug-likeness (QED) is 0.0818. The van der Waals surface area contributed by atoms with Gasteiger partial charge in [0.05, 0.1) is 5.92 Å². The fourth-order valence-electron chi connectivity index (χ4n) is 3.64. The van der Waals surface area contributed by atoms with Gasteiger partial charge in [0.2, 0.25) is 11.8 Å². The number of amides is 5. The molecule has 0 saturated carbocycles. The number of nitrogens with one attached hydrogen (secondary N) is 5. The predicted octanol–water partition coefficient (Wildman–Crippen LogP) is 2.04. The lowest BCUT2D eigenvalue weighted by molar-refractivity contribution is -0.133. The van der Waals surface area contributed by atoms with Gasteiger partial charge < -0.3 is 30.7 Å². The van der Waals surface area contributed by atoms with Crippen molar-refractivity contribution in [3.63, 3.8) is 0 Å². The predicted molar refractivity (Wildman–Crippen MR) is 158 cm³/mol. The SMILES string of the molecule is C[C@H](CNC(=O)OC(C)(C)C)C(=O)N[C@@H](Cc1ccccc1)C(=O)N[C@@H](CCCCNC(=O)OC(C)(C)C)C(=O)NN. The Balaban J connectivity index is 2.82. The molecule has 0 bridgehead atoms. The zero-order valence-electron chi connectivity index (χ0n) is 25.8. The van der Waals surface area contributed by atoms with Crippen LogP contribution in [0.4, 0.5) is 9.59 Å². The van der Waals surface area contributed by atoms with Crippen LogP contribution >= 0.6 is 0 Å². The van der Waals surface area contributed by atoms with Crippen LogP contribution in [0.25, 0.3) is 0 Å². The number of hydrazine groups is 1. The largest absolute Gasteiger partial charge is 0.444 e. The Kier molecular flexibility index (Phi) is 14.8. The molecule has 5 amide bonds. The molecule has 0 unspecified atom stereocenters. The molecule has 7 N–H and O–H groups in total. The van der Waals surface area contributed by atoms with E-state index in [1.165, 1.54) is 0 Å². The number of carbonyl (C=O) groups excluding carboxylic acids is 5. The maximum absolute atomic E-state index is 13.4. The van der Waals surface area contributed by atoms with E-state index in [2.05, 4.69) is 26.7 Å². The van der Waals surface area contributed by atoms with Gasteiger partial charge in [-0.05, 0) is 66.4 Å². The van der Waals surface area contributed by atoms with Crippen molar-refractivity contribution in [1.29, 1.82) is 0 Å². The van der Waals surface area contributed by atoms with Gasteiger partial charge in [0.25, 0.3) is 5.91 Å². The molecule has 13 heteroatoms. The fourth-order valence-corrected chi connectivity index (χ4v) is 3.64. The van der Waals surface area contributed by atoms with Gasteiger partial charge in [-0.15, -0.1) is 0 Å². The highest BCUT2D eigenvalue weighted by molar-refractivity contribution is 5.92. The average molecular weight is 593 g/mol. The van der Waals surface area contributed by atoms with Crippen molar-refractivity contribution in [2.75, 3.05) is 13.1 Å². The van der Waals surface area contributed by atoms with Crippen molar-refractivity contribution in [3.05, 3.63) is 35.9 Å². The highest BCUT2D eigenvalue weighted by Crippen LogP contribution is 2.10. The second kappa shape index (κ2) is 17.2. The molecule has 42 heavy (non-hydrogen) atoms. The van der Waals surface area contributed by atoms with Crippen LogP contribution in [0.3, 0.4) is 0 Å². The van der Waals surface area contributed by atoms with Gasteiger partial charge in [-0.3, -0.25) is 19.8 Å². The van der Waals surface area contributed by atoms with Crippen LogP contribution in [0, 0.1) is 5.92 Å². The third-order valence-electron chi connectivity index (χ3n) is 5.68. The molecule has 0 aromatic heterocycles. The number of hydrogen-bond donors (Lipinski definition) is 6. The molecule has 0 aliphatic carbocycles. The number of hydrogen-bond acceptors (Lipinski definition) is 8. The summed E-state index contributed by atoms with van der Waals surface area (Å²) in [5.74, 6) is 3.05. The number of rotatable bonds is 14. The molecule has 1 aromatic carbocycles. The van der Waals surface area contributed by atoms with Gasteiger partial charge >= 0.3 is 12.2 Å². The van der Waals surface area contributed by atoms with E-state index in [1.54, 1.807) is 48.5 Å². The van der Waals surface area contributed by atoms with Crippen LogP contribution in [0.5, 0.6) is 0 Å². The van der Waals surface area contributed by atoms with Crippen molar-refractivity contribution in [1.82, 2.24) is 26.7 Å². The van der Waals surface area contributed by atoms with Gasteiger partial charge in [0.1, 0.15) is 23.3 Å². The summed E-state index contributed by atoms with van der Waals surface area (Å²) in [7, 11) is 0. The zero-order chi connectivity index (χ0) is 31.9. The molecule has 0 saturated heterocycles. The highest BCUT2D eigenvalue weighted by Gasteiger charge is 2.28. The molecule has 0 aliphatic rings. The lowest BCUT2D eigenvalue weighted by atomic mass is 10.0. The number of unbranched alkanes of at least 4 members (excludes halogenated alkanes) is 1. The van der Waals surface area contributed by atoms with Gasteiger partial charge in [-0.25, -0.2) is 15.4 Å². The van der Waals surface area contributed by atoms with Gasteiger partial charge in [0, 0.05) is 19.5 Å². The molecular weight excluding hydrogens is 544 g/mol. The summed E-state index contributed by atoms with van der Waals surface area (Å²) in [6.45, 7) is 12.4. The van der Waals surface area contributed by atoms with Crippen LogP contribution in [0.15, 0.2) is 30.3 Å². The number of carbonyl (C=O) groups is 5. The number of ether oxygens (including phenoxy) is 2. The molecule has 0 spiro atoms. The zero-order valence-corrected chi connectivity index (χ0v) is 25.8.